The molecule has 1 atom stereocenters. The molecule has 0 spiro atoms. The van der Waals surface area contributed by atoms with E-state index in [4.69, 9.17) is 5.73 Å². The molecule has 0 radical (unpaired) electrons. The first kappa shape index (κ1) is 10.3. The molecular weight excluding hydrogens is 184 g/mol. The number of aromatic nitrogens is 1. The summed E-state index contributed by atoms with van der Waals surface area (Å²) < 4.78 is 11.3. The average Bonchev–Trinajstić information content (AvgIpc) is 2.04. The van der Waals surface area contributed by atoms with E-state index >= 15 is 0 Å². The third-order valence-corrected chi connectivity index (χ3v) is 2.91. The number of pyridine rings is 1. The lowest BCUT2D eigenvalue weighted by molar-refractivity contribution is 0.681. The molecule has 1 rings (SSSR count). The summed E-state index contributed by atoms with van der Waals surface area (Å²) in [5.41, 5.74) is 7.14. The molecule has 1 unspecified atom stereocenters. The van der Waals surface area contributed by atoms with E-state index in [0.29, 0.717) is 18.1 Å². The highest BCUT2D eigenvalue weighted by Crippen LogP contribution is 2.01. The third kappa shape index (κ3) is 3.65. The predicted octanol–water partition coefficient (Wildman–Crippen LogP) is 0.597. The van der Waals surface area contributed by atoms with Crippen molar-refractivity contribution in [2.45, 2.75) is 12.7 Å². The van der Waals surface area contributed by atoms with Gasteiger partial charge in [-0.2, -0.15) is 0 Å². The van der Waals surface area contributed by atoms with Crippen LogP contribution in [0.15, 0.2) is 18.2 Å². The molecular formula is C9H14N2OS. The third-order valence-electron chi connectivity index (χ3n) is 1.60. The van der Waals surface area contributed by atoms with E-state index in [1.165, 1.54) is 0 Å². The van der Waals surface area contributed by atoms with Crippen LogP contribution in [-0.4, -0.2) is 21.5 Å². The van der Waals surface area contributed by atoms with Gasteiger partial charge in [0.2, 0.25) is 0 Å². The molecule has 72 valence electrons. The summed E-state index contributed by atoms with van der Waals surface area (Å²) in [4.78, 5) is 4.26. The number of nitrogens with two attached hydrogens (primary N) is 1. The highest BCUT2D eigenvalue weighted by Gasteiger charge is 2.01. The topological polar surface area (TPSA) is 56.0 Å². The zero-order valence-electron chi connectivity index (χ0n) is 7.69. The van der Waals surface area contributed by atoms with Crippen LogP contribution in [0, 0.1) is 6.92 Å². The Labute approximate surface area is 80.8 Å². The molecule has 1 aromatic heterocycles. The Morgan fingerprint density at radius 3 is 2.92 bits per heavy atom. The summed E-state index contributed by atoms with van der Waals surface area (Å²) in [6.07, 6.45) is 0. The highest BCUT2D eigenvalue weighted by atomic mass is 32.2. The van der Waals surface area contributed by atoms with Gasteiger partial charge in [-0.3, -0.25) is 9.19 Å². The normalized spacial score (nSPS) is 12.8. The van der Waals surface area contributed by atoms with Crippen molar-refractivity contribution in [3.05, 3.63) is 29.6 Å². The second-order valence-electron chi connectivity index (χ2n) is 2.85. The lowest BCUT2D eigenvalue weighted by Gasteiger charge is -2.00. The number of rotatable bonds is 4. The maximum absolute atomic E-state index is 11.3. The minimum atomic E-state index is -0.867. The molecule has 1 aromatic rings. The Morgan fingerprint density at radius 1 is 1.54 bits per heavy atom. The molecule has 0 bridgehead atoms. The van der Waals surface area contributed by atoms with Gasteiger partial charge in [0.25, 0.3) is 0 Å². The summed E-state index contributed by atoms with van der Waals surface area (Å²) in [6, 6.07) is 5.74. The largest absolute Gasteiger partial charge is 0.330 e. The minimum absolute atomic E-state index is 0.471. The zero-order chi connectivity index (χ0) is 9.68. The molecule has 0 aliphatic carbocycles. The van der Waals surface area contributed by atoms with Gasteiger partial charge in [-0.25, -0.2) is 0 Å². The van der Waals surface area contributed by atoms with E-state index in [9.17, 15) is 4.21 Å². The van der Waals surface area contributed by atoms with Gasteiger partial charge in [0, 0.05) is 28.8 Å². The van der Waals surface area contributed by atoms with Gasteiger partial charge < -0.3 is 5.73 Å². The zero-order valence-corrected chi connectivity index (χ0v) is 8.51. The van der Waals surface area contributed by atoms with E-state index < -0.39 is 10.8 Å². The lowest BCUT2D eigenvalue weighted by atomic mass is 10.3. The molecule has 0 aliphatic rings. The molecule has 13 heavy (non-hydrogen) atoms. The fourth-order valence-corrected chi connectivity index (χ4v) is 1.95. The number of hydrogen-bond donors (Lipinski definition) is 1. The van der Waals surface area contributed by atoms with Crippen LogP contribution >= 0.6 is 0 Å². The van der Waals surface area contributed by atoms with Crippen LogP contribution in [0.4, 0.5) is 0 Å². The summed E-state index contributed by atoms with van der Waals surface area (Å²) in [7, 11) is -0.867. The van der Waals surface area contributed by atoms with Crippen molar-refractivity contribution in [2.24, 2.45) is 5.73 Å². The molecule has 0 fully saturated rings. The van der Waals surface area contributed by atoms with Crippen LogP contribution in [0.5, 0.6) is 0 Å². The number of aryl methyl sites for hydroxylation is 1. The van der Waals surface area contributed by atoms with Crippen molar-refractivity contribution < 1.29 is 4.21 Å². The second kappa shape index (κ2) is 5.09. The van der Waals surface area contributed by atoms with Crippen LogP contribution in [0.1, 0.15) is 11.4 Å². The van der Waals surface area contributed by atoms with Gasteiger partial charge in [-0.1, -0.05) is 6.07 Å². The van der Waals surface area contributed by atoms with Crippen molar-refractivity contribution in [2.75, 3.05) is 12.3 Å². The van der Waals surface area contributed by atoms with Crippen LogP contribution in [0.25, 0.3) is 0 Å². The monoisotopic (exact) mass is 198 g/mol. The molecule has 2 N–H and O–H groups in total. The minimum Gasteiger partial charge on any atom is -0.330 e. The van der Waals surface area contributed by atoms with Crippen molar-refractivity contribution in [3.63, 3.8) is 0 Å². The predicted molar refractivity (Wildman–Crippen MR) is 54.7 cm³/mol. The quantitative estimate of drug-likeness (QED) is 0.770. The maximum Gasteiger partial charge on any atom is 0.0659 e. The summed E-state index contributed by atoms with van der Waals surface area (Å²) >= 11 is 0. The fraction of sp³-hybridized carbons (Fsp3) is 0.444. The van der Waals surface area contributed by atoms with Crippen molar-refractivity contribution in [1.29, 1.82) is 0 Å². The number of nitrogens with zero attached hydrogens (tertiary/aromatic N) is 1. The van der Waals surface area contributed by atoms with Crippen molar-refractivity contribution >= 4 is 10.8 Å². The van der Waals surface area contributed by atoms with E-state index in [0.717, 1.165) is 11.4 Å². The molecule has 0 aliphatic heterocycles. The van der Waals surface area contributed by atoms with Gasteiger partial charge in [0.05, 0.1) is 11.4 Å². The Morgan fingerprint density at radius 2 is 2.31 bits per heavy atom. The summed E-state index contributed by atoms with van der Waals surface area (Å²) in [5, 5.41) is 0. The first-order chi connectivity index (χ1) is 6.22. The number of hydrogen-bond acceptors (Lipinski definition) is 3. The SMILES string of the molecule is Cc1cccc(CS(=O)CCN)n1. The van der Waals surface area contributed by atoms with Crippen LogP contribution in [0.2, 0.25) is 0 Å². The smallest absolute Gasteiger partial charge is 0.0659 e. The van der Waals surface area contributed by atoms with E-state index in [-0.39, 0.29) is 0 Å². The van der Waals surface area contributed by atoms with Gasteiger partial charge in [-0.15, -0.1) is 0 Å². The molecule has 4 heteroatoms. The molecule has 0 saturated carbocycles. The van der Waals surface area contributed by atoms with Crippen LogP contribution in [0.3, 0.4) is 0 Å². The highest BCUT2D eigenvalue weighted by molar-refractivity contribution is 7.84. The van der Waals surface area contributed by atoms with Crippen molar-refractivity contribution in [1.82, 2.24) is 4.98 Å². The lowest BCUT2D eigenvalue weighted by Crippen LogP contribution is -2.12. The van der Waals surface area contributed by atoms with E-state index in [1.807, 2.05) is 25.1 Å². The molecule has 0 amide bonds. The van der Waals surface area contributed by atoms with E-state index in [1.54, 1.807) is 0 Å². The van der Waals surface area contributed by atoms with E-state index in [2.05, 4.69) is 4.98 Å². The first-order valence-electron chi connectivity index (χ1n) is 4.20. The Hall–Kier alpha value is -0.740. The van der Waals surface area contributed by atoms with Crippen LogP contribution in [-0.2, 0) is 16.6 Å². The van der Waals surface area contributed by atoms with Gasteiger partial charge >= 0.3 is 0 Å². The van der Waals surface area contributed by atoms with Gasteiger partial charge in [0.1, 0.15) is 0 Å². The molecule has 0 aromatic carbocycles. The van der Waals surface area contributed by atoms with Crippen molar-refractivity contribution in [3.8, 4) is 0 Å². The maximum atomic E-state index is 11.3. The standard InChI is InChI=1S/C9H14N2OS/c1-8-3-2-4-9(11-8)7-13(12)6-5-10/h2-4H,5-7,10H2,1H3. The second-order valence-corrected chi connectivity index (χ2v) is 4.42. The summed E-state index contributed by atoms with van der Waals surface area (Å²) in [5.74, 6) is 1.06. The van der Waals surface area contributed by atoms with Gasteiger partial charge in [-0.05, 0) is 19.1 Å². The van der Waals surface area contributed by atoms with Crippen LogP contribution < -0.4 is 5.73 Å². The Bertz CT molecular complexity index is 301. The molecule has 0 saturated heterocycles. The molecule has 3 nitrogen and oxygen atoms in total. The Kier molecular flexibility index (Phi) is 4.05. The summed E-state index contributed by atoms with van der Waals surface area (Å²) in [6.45, 7) is 2.40. The molecule has 1 heterocycles. The Balaban J connectivity index is 2.58. The van der Waals surface area contributed by atoms with Gasteiger partial charge in [0.15, 0.2) is 0 Å². The fourth-order valence-electron chi connectivity index (χ4n) is 1.05. The first-order valence-corrected chi connectivity index (χ1v) is 5.69. The average molecular weight is 198 g/mol.